The van der Waals surface area contributed by atoms with Gasteiger partial charge in [0.25, 0.3) is 0 Å². The molecule has 0 aliphatic heterocycles. The third-order valence-electron chi connectivity index (χ3n) is 4.08. The number of benzene rings is 1. The van der Waals surface area contributed by atoms with E-state index in [1.807, 2.05) is 24.3 Å². The molecule has 2 aliphatic rings. The van der Waals surface area contributed by atoms with Gasteiger partial charge in [-0.2, -0.15) is 0 Å². The highest BCUT2D eigenvalue weighted by molar-refractivity contribution is 5.92. The minimum absolute atomic E-state index is 0.136. The SMILES string of the molecule is O=C(Nc1ccc(C#CCO)cc1)C1CC2CC2C1. The molecule has 1 aromatic rings. The number of rotatable bonds is 2. The Labute approximate surface area is 113 Å². The minimum atomic E-state index is -0.136. The fourth-order valence-corrected chi connectivity index (χ4v) is 2.95. The third kappa shape index (κ3) is 2.80. The zero-order chi connectivity index (χ0) is 13.2. The number of fused-ring (bicyclic) bond motifs is 1. The maximum Gasteiger partial charge on any atom is 0.227 e. The van der Waals surface area contributed by atoms with E-state index >= 15 is 0 Å². The Morgan fingerprint density at radius 2 is 1.89 bits per heavy atom. The number of hydrogen-bond donors (Lipinski definition) is 2. The number of amides is 1. The Morgan fingerprint density at radius 3 is 2.53 bits per heavy atom. The predicted octanol–water partition coefficient (Wildman–Crippen LogP) is 2.02. The summed E-state index contributed by atoms with van der Waals surface area (Å²) in [5.41, 5.74) is 1.66. The van der Waals surface area contributed by atoms with Gasteiger partial charge in [0.1, 0.15) is 6.61 Å². The summed E-state index contributed by atoms with van der Waals surface area (Å²) < 4.78 is 0. The lowest BCUT2D eigenvalue weighted by atomic mass is 10.0. The van der Waals surface area contributed by atoms with Crippen LogP contribution in [0.2, 0.25) is 0 Å². The van der Waals surface area contributed by atoms with E-state index in [9.17, 15) is 4.79 Å². The summed E-state index contributed by atoms with van der Waals surface area (Å²) in [6, 6.07) is 7.42. The Balaban J connectivity index is 1.58. The molecule has 2 fully saturated rings. The first-order chi connectivity index (χ1) is 9.26. The van der Waals surface area contributed by atoms with Gasteiger partial charge in [-0.25, -0.2) is 0 Å². The molecule has 3 nitrogen and oxygen atoms in total. The molecule has 1 aromatic carbocycles. The molecule has 0 radical (unpaired) electrons. The van der Waals surface area contributed by atoms with Crippen molar-refractivity contribution in [2.75, 3.05) is 11.9 Å². The van der Waals surface area contributed by atoms with Gasteiger partial charge < -0.3 is 10.4 Å². The van der Waals surface area contributed by atoms with Gasteiger partial charge in [0, 0.05) is 17.2 Å². The van der Waals surface area contributed by atoms with E-state index in [1.165, 1.54) is 6.42 Å². The highest BCUT2D eigenvalue weighted by Crippen LogP contribution is 2.54. The molecule has 3 heteroatoms. The first-order valence-corrected chi connectivity index (χ1v) is 6.77. The molecule has 3 rings (SSSR count). The molecule has 0 aromatic heterocycles. The quantitative estimate of drug-likeness (QED) is 0.794. The largest absolute Gasteiger partial charge is 0.384 e. The van der Waals surface area contributed by atoms with Crippen molar-refractivity contribution in [3.63, 3.8) is 0 Å². The van der Waals surface area contributed by atoms with Crippen molar-refractivity contribution in [3.8, 4) is 11.8 Å². The van der Waals surface area contributed by atoms with Crippen molar-refractivity contribution >= 4 is 11.6 Å². The highest BCUT2D eigenvalue weighted by atomic mass is 16.2. The summed E-state index contributed by atoms with van der Waals surface area (Å²) in [5.74, 6) is 7.44. The number of aliphatic hydroxyl groups is 1. The van der Waals surface area contributed by atoms with Crippen LogP contribution >= 0.6 is 0 Å². The summed E-state index contributed by atoms with van der Waals surface area (Å²) in [5, 5.41) is 11.6. The maximum atomic E-state index is 12.1. The average molecular weight is 255 g/mol. The molecule has 19 heavy (non-hydrogen) atoms. The van der Waals surface area contributed by atoms with Crippen LogP contribution in [0.3, 0.4) is 0 Å². The molecule has 98 valence electrons. The van der Waals surface area contributed by atoms with Crippen LogP contribution < -0.4 is 5.32 Å². The monoisotopic (exact) mass is 255 g/mol. The predicted molar refractivity (Wildman–Crippen MR) is 73.4 cm³/mol. The first-order valence-electron chi connectivity index (χ1n) is 6.77. The summed E-state index contributed by atoms with van der Waals surface area (Å²) in [6.45, 7) is -0.136. The van der Waals surface area contributed by atoms with E-state index in [0.29, 0.717) is 0 Å². The first kappa shape index (κ1) is 12.3. The molecule has 2 N–H and O–H groups in total. The number of hydrogen-bond acceptors (Lipinski definition) is 2. The van der Waals surface area contributed by atoms with Gasteiger partial charge >= 0.3 is 0 Å². The number of nitrogens with one attached hydrogen (secondary N) is 1. The molecular formula is C16H17NO2. The van der Waals surface area contributed by atoms with Crippen LogP contribution in [0.25, 0.3) is 0 Å². The van der Waals surface area contributed by atoms with Crippen molar-refractivity contribution in [2.45, 2.75) is 19.3 Å². The summed E-state index contributed by atoms with van der Waals surface area (Å²) in [7, 11) is 0. The molecule has 0 saturated heterocycles. The van der Waals surface area contributed by atoms with Gasteiger partial charge in [0.05, 0.1) is 0 Å². The van der Waals surface area contributed by atoms with Crippen molar-refractivity contribution in [2.24, 2.45) is 17.8 Å². The number of anilines is 1. The zero-order valence-electron chi connectivity index (χ0n) is 10.7. The second kappa shape index (κ2) is 5.07. The molecule has 0 heterocycles. The van der Waals surface area contributed by atoms with Crippen LogP contribution in [-0.4, -0.2) is 17.6 Å². The van der Waals surface area contributed by atoms with Crippen LogP contribution in [0.1, 0.15) is 24.8 Å². The molecule has 1 amide bonds. The second-order valence-corrected chi connectivity index (χ2v) is 5.45. The molecule has 0 spiro atoms. The van der Waals surface area contributed by atoms with E-state index in [1.54, 1.807) is 0 Å². The van der Waals surface area contributed by atoms with Crippen molar-refractivity contribution in [1.82, 2.24) is 0 Å². The van der Waals surface area contributed by atoms with Gasteiger partial charge in [-0.3, -0.25) is 4.79 Å². The lowest BCUT2D eigenvalue weighted by Crippen LogP contribution is -2.21. The van der Waals surface area contributed by atoms with Gasteiger partial charge in [-0.15, -0.1) is 0 Å². The molecule has 2 atom stereocenters. The number of carbonyl (C=O) groups excluding carboxylic acids is 1. The van der Waals surface area contributed by atoms with E-state index < -0.39 is 0 Å². The zero-order valence-corrected chi connectivity index (χ0v) is 10.7. The molecule has 2 unspecified atom stereocenters. The Hall–Kier alpha value is -1.79. The van der Waals surface area contributed by atoms with Gasteiger partial charge in [0.15, 0.2) is 0 Å². The highest BCUT2D eigenvalue weighted by Gasteiger charge is 2.47. The molecule has 2 aliphatic carbocycles. The lowest BCUT2D eigenvalue weighted by molar-refractivity contribution is -0.120. The maximum absolute atomic E-state index is 12.1. The Morgan fingerprint density at radius 1 is 1.21 bits per heavy atom. The normalized spacial score (nSPS) is 27.1. The number of carbonyl (C=O) groups is 1. The minimum Gasteiger partial charge on any atom is -0.384 e. The lowest BCUT2D eigenvalue weighted by Gasteiger charge is -2.12. The Kier molecular flexibility index (Phi) is 3.27. The van der Waals surface area contributed by atoms with Crippen molar-refractivity contribution < 1.29 is 9.90 Å². The number of aliphatic hydroxyl groups excluding tert-OH is 1. The molecule has 0 bridgehead atoms. The van der Waals surface area contributed by atoms with Crippen LogP contribution in [0.15, 0.2) is 24.3 Å². The fourth-order valence-electron chi connectivity index (χ4n) is 2.95. The van der Waals surface area contributed by atoms with E-state index in [2.05, 4.69) is 17.2 Å². The van der Waals surface area contributed by atoms with Crippen LogP contribution in [-0.2, 0) is 4.79 Å². The van der Waals surface area contributed by atoms with Gasteiger partial charge in [-0.05, 0) is 55.4 Å². The summed E-state index contributed by atoms with van der Waals surface area (Å²) >= 11 is 0. The van der Waals surface area contributed by atoms with Gasteiger partial charge in [-0.1, -0.05) is 11.8 Å². The van der Waals surface area contributed by atoms with Crippen molar-refractivity contribution in [3.05, 3.63) is 29.8 Å². The van der Waals surface area contributed by atoms with E-state index in [0.717, 1.165) is 35.9 Å². The average Bonchev–Trinajstić information content (AvgIpc) is 3.04. The summed E-state index contributed by atoms with van der Waals surface area (Å²) in [4.78, 5) is 12.1. The standard InChI is InChI=1S/C16H17NO2/c18-7-1-2-11-3-5-15(6-4-11)17-16(19)14-9-12-8-13(12)10-14/h3-6,12-14,18H,7-10H2,(H,17,19). The molecule has 2 saturated carbocycles. The summed E-state index contributed by atoms with van der Waals surface area (Å²) in [6.07, 6.45) is 3.47. The third-order valence-corrected chi connectivity index (χ3v) is 4.08. The fraction of sp³-hybridized carbons (Fsp3) is 0.438. The van der Waals surface area contributed by atoms with Crippen LogP contribution in [0.5, 0.6) is 0 Å². The van der Waals surface area contributed by atoms with Crippen LogP contribution in [0.4, 0.5) is 5.69 Å². The van der Waals surface area contributed by atoms with E-state index in [4.69, 9.17) is 5.11 Å². The van der Waals surface area contributed by atoms with Crippen molar-refractivity contribution in [1.29, 1.82) is 0 Å². The van der Waals surface area contributed by atoms with Gasteiger partial charge in [0.2, 0.25) is 5.91 Å². The second-order valence-electron chi connectivity index (χ2n) is 5.45. The smallest absolute Gasteiger partial charge is 0.227 e. The Bertz CT molecular complexity index is 528. The van der Waals surface area contributed by atoms with E-state index in [-0.39, 0.29) is 18.4 Å². The topological polar surface area (TPSA) is 49.3 Å². The molecular weight excluding hydrogens is 238 g/mol. The van der Waals surface area contributed by atoms with Crippen LogP contribution in [0, 0.1) is 29.6 Å².